The Labute approximate surface area is 170 Å². The van der Waals surface area contributed by atoms with Crippen molar-refractivity contribution in [2.45, 2.75) is 44.4 Å². The summed E-state index contributed by atoms with van der Waals surface area (Å²) in [5, 5.41) is 18.3. The summed E-state index contributed by atoms with van der Waals surface area (Å²) in [6.07, 6.45) is 5.71. The minimum Gasteiger partial charge on any atom is -0.454 e. The third-order valence-electron chi connectivity index (χ3n) is 5.73. The molecule has 2 aromatic carbocycles. The average molecular weight is 391 g/mol. The van der Waals surface area contributed by atoms with Gasteiger partial charge in [-0.2, -0.15) is 5.10 Å². The molecule has 0 unspecified atom stereocenters. The highest BCUT2D eigenvalue weighted by atomic mass is 16.7. The van der Waals surface area contributed by atoms with E-state index in [2.05, 4.69) is 23.6 Å². The zero-order chi connectivity index (χ0) is 19.6. The maximum absolute atomic E-state index is 9.75. The van der Waals surface area contributed by atoms with Gasteiger partial charge in [-0.15, -0.1) is 0 Å². The molecule has 1 aromatic heterocycles. The number of fused-ring (bicyclic) bond motifs is 1. The predicted octanol–water partition coefficient (Wildman–Crippen LogP) is 3.66. The van der Waals surface area contributed by atoms with Crippen molar-refractivity contribution >= 4 is 0 Å². The Morgan fingerprint density at radius 2 is 1.79 bits per heavy atom. The van der Waals surface area contributed by atoms with Crippen LogP contribution >= 0.6 is 0 Å². The van der Waals surface area contributed by atoms with E-state index < -0.39 is 0 Å². The fourth-order valence-electron chi connectivity index (χ4n) is 4.07. The third kappa shape index (κ3) is 3.86. The van der Waals surface area contributed by atoms with Gasteiger partial charge < -0.3 is 19.9 Å². The molecule has 0 bridgehead atoms. The molecule has 0 radical (unpaired) electrons. The minimum atomic E-state index is -0.141. The summed E-state index contributed by atoms with van der Waals surface area (Å²) in [5.74, 6) is 1.54. The van der Waals surface area contributed by atoms with Gasteiger partial charge in [0.25, 0.3) is 0 Å². The number of rotatable bonds is 5. The molecule has 2 aliphatic rings. The topological polar surface area (TPSA) is 68.5 Å². The highest BCUT2D eigenvalue weighted by molar-refractivity contribution is 5.67. The lowest BCUT2D eigenvalue weighted by Crippen LogP contribution is -2.34. The van der Waals surface area contributed by atoms with Gasteiger partial charge in [0.1, 0.15) is 0 Å². The first-order valence-corrected chi connectivity index (χ1v) is 10.2. The average Bonchev–Trinajstić information content (AvgIpc) is 3.40. The number of hydrogen-bond acceptors (Lipinski definition) is 5. The first-order valence-electron chi connectivity index (χ1n) is 10.2. The van der Waals surface area contributed by atoms with Crippen molar-refractivity contribution in [3.05, 3.63) is 60.3 Å². The van der Waals surface area contributed by atoms with Crippen molar-refractivity contribution in [1.82, 2.24) is 15.1 Å². The standard InChI is InChI=1S/C23H25N3O3/c27-20-9-7-18(8-10-20)24-13-17-14-26(19-4-2-1-3-5-19)25-23(17)16-6-11-21-22(12-16)29-15-28-21/h1-6,11-12,14,18,20,24,27H,7-10,13,15H2. The summed E-state index contributed by atoms with van der Waals surface area (Å²) in [7, 11) is 0. The molecule has 1 aliphatic carbocycles. The van der Waals surface area contributed by atoms with Gasteiger partial charge in [0.05, 0.1) is 17.5 Å². The molecule has 1 aliphatic heterocycles. The molecule has 5 rings (SSSR count). The smallest absolute Gasteiger partial charge is 0.231 e. The highest BCUT2D eigenvalue weighted by Crippen LogP contribution is 2.36. The van der Waals surface area contributed by atoms with Gasteiger partial charge >= 0.3 is 0 Å². The Hall–Kier alpha value is -2.83. The summed E-state index contributed by atoms with van der Waals surface area (Å²) in [6, 6.07) is 16.6. The summed E-state index contributed by atoms with van der Waals surface area (Å²) in [5.41, 5.74) is 4.12. The fraction of sp³-hybridized carbons (Fsp3) is 0.348. The predicted molar refractivity (Wildman–Crippen MR) is 110 cm³/mol. The van der Waals surface area contributed by atoms with Crippen molar-refractivity contribution in [3.63, 3.8) is 0 Å². The first kappa shape index (κ1) is 18.2. The van der Waals surface area contributed by atoms with E-state index in [0.29, 0.717) is 6.04 Å². The second-order valence-corrected chi connectivity index (χ2v) is 7.74. The van der Waals surface area contributed by atoms with Crippen LogP contribution in [0, 0.1) is 0 Å². The molecule has 2 N–H and O–H groups in total. The van der Waals surface area contributed by atoms with Crippen LogP contribution in [-0.4, -0.2) is 33.8 Å². The summed E-state index contributed by atoms with van der Waals surface area (Å²) in [4.78, 5) is 0. The van der Waals surface area contributed by atoms with Crippen LogP contribution in [0.2, 0.25) is 0 Å². The Morgan fingerprint density at radius 3 is 2.62 bits per heavy atom. The number of para-hydroxylation sites is 1. The molecule has 0 saturated heterocycles. The molecule has 6 nitrogen and oxygen atoms in total. The number of aliphatic hydroxyl groups excluding tert-OH is 1. The van der Waals surface area contributed by atoms with Crippen LogP contribution < -0.4 is 14.8 Å². The second kappa shape index (κ2) is 7.89. The van der Waals surface area contributed by atoms with Crippen molar-refractivity contribution in [1.29, 1.82) is 0 Å². The van der Waals surface area contributed by atoms with Gasteiger partial charge in [-0.3, -0.25) is 0 Å². The second-order valence-electron chi connectivity index (χ2n) is 7.74. The maximum atomic E-state index is 9.75. The Morgan fingerprint density at radius 1 is 1.00 bits per heavy atom. The highest BCUT2D eigenvalue weighted by Gasteiger charge is 2.21. The van der Waals surface area contributed by atoms with E-state index in [1.165, 1.54) is 0 Å². The van der Waals surface area contributed by atoms with Gasteiger partial charge in [-0.1, -0.05) is 18.2 Å². The zero-order valence-electron chi connectivity index (χ0n) is 16.3. The summed E-state index contributed by atoms with van der Waals surface area (Å²) in [6.45, 7) is 0.997. The van der Waals surface area contributed by atoms with Crippen LogP contribution in [-0.2, 0) is 6.54 Å². The van der Waals surface area contributed by atoms with Crippen molar-refractivity contribution in [2.24, 2.45) is 0 Å². The van der Waals surface area contributed by atoms with Gasteiger partial charge in [-0.25, -0.2) is 4.68 Å². The molecule has 0 spiro atoms. The van der Waals surface area contributed by atoms with Crippen LogP contribution in [0.4, 0.5) is 0 Å². The largest absolute Gasteiger partial charge is 0.454 e. The van der Waals surface area contributed by atoms with Crippen LogP contribution in [0.15, 0.2) is 54.7 Å². The molecular formula is C23H25N3O3. The minimum absolute atomic E-state index is 0.141. The fourth-order valence-corrected chi connectivity index (χ4v) is 4.07. The van der Waals surface area contributed by atoms with Crippen molar-refractivity contribution < 1.29 is 14.6 Å². The molecule has 3 aromatic rings. The normalized spacial score (nSPS) is 20.7. The van der Waals surface area contributed by atoms with Crippen LogP contribution in [0.5, 0.6) is 11.5 Å². The Balaban J connectivity index is 1.44. The monoisotopic (exact) mass is 391 g/mol. The van der Waals surface area contributed by atoms with E-state index in [-0.39, 0.29) is 12.9 Å². The lowest BCUT2D eigenvalue weighted by Gasteiger charge is -2.26. The van der Waals surface area contributed by atoms with Gasteiger partial charge in [0.2, 0.25) is 6.79 Å². The molecule has 2 heterocycles. The number of hydrogen-bond donors (Lipinski definition) is 2. The van der Waals surface area contributed by atoms with E-state index >= 15 is 0 Å². The Kier molecular flexibility index (Phi) is 4.96. The third-order valence-corrected chi connectivity index (χ3v) is 5.73. The van der Waals surface area contributed by atoms with Gasteiger partial charge in [-0.05, 0) is 56.0 Å². The molecule has 6 heteroatoms. The van der Waals surface area contributed by atoms with Crippen molar-refractivity contribution in [3.8, 4) is 28.4 Å². The lowest BCUT2D eigenvalue weighted by atomic mass is 9.93. The van der Waals surface area contributed by atoms with Crippen LogP contribution in [0.25, 0.3) is 16.9 Å². The molecular weight excluding hydrogens is 366 g/mol. The number of benzene rings is 2. The number of nitrogens with zero attached hydrogens (tertiary/aromatic N) is 2. The number of aliphatic hydroxyl groups is 1. The Bertz CT molecular complexity index is 978. The van der Waals surface area contributed by atoms with Crippen LogP contribution in [0.3, 0.4) is 0 Å². The molecule has 0 amide bonds. The van der Waals surface area contributed by atoms with E-state index in [1.54, 1.807) is 0 Å². The van der Waals surface area contributed by atoms with Gasteiger partial charge in [0, 0.05) is 29.9 Å². The SMILES string of the molecule is OC1CCC(NCc2cn(-c3ccccc3)nc2-c2ccc3c(c2)OCO3)CC1. The van der Waals surface area contributed by atoms with Crippen LogP contribution in [0.1, 0.15) is 31.2 Å². The molecule has 0 atom stereocenters. The summed E-state index contributed by atoms with van der Waals surface area (Å²) < 4.78 is 12.9. The molecule has 150 valence electrons. The molecule has 1 saturated carbocycles. The van der Waals surface area contributed by atoms with E-state index in [1.807, 2.05) is 41.1 Å². The molecule has 29 heavy (non-hydrogen) atoms. The maximum Gasteiger partial charge on any atom is 0.231 e. The van der Waals surface area contributed by atoms with Gasteiger partial charge in [0.15, 0.2) is 11.5 Å². The molecule has 1 fully saturated rings. The zero-order valence-corrected chi connectivity index (χ0v) is 16.3. The lowest BCUT2D eigenvalue weighted by molar-refractivity contribution is 0.116. The van der Waals surface area contributed by atoms with E-state index in [0.717, 1.165) is 66.2 Å². The van der Waals surface area contributed by atoms with E-state index in [4.69, 9.17) is 14.6 Å². The first-order chi connectivity index (χ1) is 14.3. The van der Waals surface area contributed by atoms with E-state index in [9.17, 15) is 5.11 Å². The number of aromatic nitrogens is 2. The summed E-state index contributed by atoms with van der Waals surface area (Å²) >= 11 is 0. The number of ether oxygens (including phenoxy) is 2. The quantitative estimate of drug-likeness (QED) is 0.695. The number of nitrogens with one attached hydrogen (secondary N) is 1. The van der Waals surface area contributed by atoms with Crippen molar-refractivity contribution in [2.75, 3.05) is 6.79 Å².